The molecule has 4 heteroatoms. The van der Waals surface area contributed by atoms with Crippen LogP contribution < -0.4 is 5.73 Å². The fourth-order valence-corrected chi connectivity index (χ4v) is 2.67. The third-order valence-corrected chi connectivity index (χ3v) is 4.60. The average molecular weight is 264 g/mol. The van der Waals surface area contributed by atoms with Gasteiger partial charge in [-0.1, -0.05) is 0 Å². The summed E-state index contributed by atoms with van der Waals surface area (Å²) in [5.74, 6) is 0. The molecule has 0 aliphatic rings. The van der Waals surface area contributed by atoms with E-state index in [2.05, 4.69) is 28.9 Å². The number of thiophene rings is 1. The Balaban J connectivity index is 3.05. The van der Waals surface area contributed by atoms with Gasteiger partial charge in [0.1, 0.15) is 5.60 Å². The van der Waals surface area contributed by atoms with Crippen LogP contribution in [0.1, 0.15) is 16.7 Å². The fraction of sp³-hybridized carbons (Fsp3) is 0.556. The molecule has 2 nitrogen and oxygen atoms in total. The van der Waals surface area contributed by atoms with E-state index in [9.17, 15) is 0 Å². The van der Waals surface area contributed by atoms with Gasteiger partial charge >= 0.3 is 0 Å². The Morgan fingerprint density at radius 1 is 1.69 bits per heavy atom. The molecule has 0 saturated carbocycles. The van der Waals surface area contributed by atoms with Crippen LogP contribution in [0.4, 0.5) is 0 Å². The summed E-state index contributed by atoms with van der Waals surface area (Å²) in [4.78, 5) is 2.42. The second-order valence-electron chi connectivity index (χ2n) is 3.15. The molecule has 0 aliphatic heterocycles. The highest BCUT2D eigenvalue weighted by Gasteiger charge is 2.26. The van der Waals surface area contributed by atoms with Crippen LogP contribution in [0.25, 0.3) is 0 Å². The molecule has 0 saturated heterocycles. The van der Waals surface area contributed by atoms with Crippen molar-refractivity contribution in [1.29, 1.82) is 0 Å². The Morgan fingerprint density at radius 2 is 2.31 bits per heavy atom. The van der Waals surface area contributed by atoms with E-state index in [1.807, 2.05) is 6.92 Å². The van der Waals surface area contributed by atoms with Gasteiger partial charge in [0.05, 0.1) is 0 Å². The van der Waals surface area contributed by atoms with Crippen LogP contribution in [-0.2, 0) is 10.3 Å². The first-order valence-electron chi connectivity index (χ1n) is 4.05. The SMILES string of the molecule is COC(C)(CN)c1cc(Br)c(C)s1. The Morgan fingerprint density at radius 3 is 2.62 bits per heavy atom. The minimum atomic E-state index is -0.346. The monoisotopic (exact) mass is 263 g/mol. The normalized spacial score (nSPS) is 15.8. The molecule has 0 fully saturated rings. The van der Waals surface area contributed by atoms with Gasteiger partial charge in [0, 0.05) is 27.9 Å². The van der Waals surface area contributed by atoms with Crippen LogP contribution in [0.15, 0.2) is 10.5 Å². The van der Waals surface area contributed by atoms with Crippen LogP contribution in [-0.4, -0.2) is 13.7 Å². The number of ether oxygens (including phenoxy) is 1. The van der Waals surface area contributed by atoms with Crippen LogP contribution >= 0.6 is 27.3 Å². The predicted octanol–water partition coefficient (Wildman–Crippen LogP) is 2.64. The molecule has 0 aliphatic carbocycles. The molecule has 13 heavy (non-hydrogen) atoms. The molecule has 1 rings (SSSR count). The highest BCUT2D eigenvalue weighted by Crippen LogP contribution is 2.34. The van der Waals surface area contributed by atoms with Gasteiger partial charge < -0.3 is 10.5 Å². The van der Waals surface area contributed by atoms with E-state index in [-0.39, 0.29) is 5.60 Å². The molecule has 0 radical (unpaired) electrons. The number of hydrogen-bond acceptors (Lipinski definition) is 3. The van der Waals surface area contributed by atoms with Gasteiger partial charge in [0.2, 0.25) is 0 Å². The minimum absolute atomic E-state index is 0.346. The van der Waals surface area contributed by atoms with Gasteiger partial charge in [-0.25, -0.2) is 0 Å². The highest BCUT2D eigenvalue weighted by atomic mass is 79.9. The Kier molecular flexibility index (Phi) is 3.51. The molecular formula is C9H14BrNOS. The molecule has 0 amide bonds. The van der Waals surface area contributed by atoms with Gasteiger partial charge in [-0.3, -0.25) is 0 Å². The summed E-state index contributed by atoms with van der Waals surface area (Å²) in [5, 5.41) is 0. The molecule has 2 N–H and O–H groups in total. The first-order valence-corrected chi connectivity index (χ1v) is 5.66. The molecule has 0 aromatic carbocycles. The summed E-state index contributed by atoms with van der Waals surface area (Å²) in [7, 11) is 1.69. The van der Waals surface area contributed by atoms with Crippen molar-refractivity contribution < 1.29 is 4.74 Å². The zero-order valence-corrected chi connectivity index (χ0v) is 10.5. The fourth-order valence-electron chi connectivity index (χ4n) is 1.01. The molecule has 1 aromatic rings. The zero-order valence-electron chi connectivity index (χ0n) is 8.06. The second-order valence-corrected chi connectivity index (χ2v) is 5.26. The Hall–Kier alpha value is 0.1000. The maximum absolute atomic E-state index is 5.68. The van der Waals surface area contributed by atoms with Crippen molar-refractivity contribution in [3.8, 4) is 0 Å². The third kappa shape index (κ3) is 2.13. The maximum atomic E-state index is 5.68. The summed E-state index contributed by atoms with van der Waals surface area (Å²) in [6.07, 6.45) is 0. The lowest BCUT2D eigenvalue weighted by atomic mass is 10.1. The molecule has 74 valence electrons. The van der Waals surface area contributed by atoms with Gasteiger partial charge in [-0.2, -0.15) is 0 Å². The van der Waals surface area contributed by atoms with Crippen molar-refractivity contribution in [2.45, 2.75) is 19.4 Å². The van der Waals surface area contributed by atoms with Crippen molar-refractivity contribution in [3.63, 3.8) is 0 Å². The van der Waals surface area contributed by atoms with E-state index in [4.69, 9.17) is 10.5 Å². The van der Waals surface area contributed by atoms with Crippen molar-refractivity contribution in [1.82, 2.24) is 0 Å². The topological polar surface area (TPSA) is 35.2 Å². The zero-order chi connectivity index (χ0) is 10.1. The molecule has 1 aromatic heterocycles. The molecular weight excluding hydrogens is 250 g/mol. The van der Waals surface area contributed by atoms with E-state index in [1.54, 1.807) is 18.4 Å². The number of aryl methyl sites for hydroxylation is 1. The molecule has 0 spiro atoms. The Bertz CT molecular complexity index is 274. The summed E-state index contributed by atoms with van der Waals surface area (Å²) < 4.78 is 6.53. The molecule has 1 atom stereocenters. The second kappa shape index (κ2) is 4.09. The van der Waals surface area contributed by atoms with Crippen molar-refractivity contribution in [3.05, 3.63) is 20.3 Å². The van der Waals surface area contributed by atoms with Gasteiger partial charge in [0.15, 0.2) is 0 Å². The first-order chi connectivity index (χ1) is 6.03. The summed E-state index contributed by atoms with van der Waals surface area (Å²) in [6, 6.07) is 2.08. The number of halogens is 1. The summed E-state index contributed by atoms with van der Waals surface area (Å²) in [6.45, 7) is 4.57. The standard InChI is InChI=1S/C9H14BrNOS/c1-6-7(10)4-8(13-6)9(2,5-11)12-3/h4H,5,11H2,1-3H3. The van der Waals surface area contributed by atoms with E-state index < -0.39 is 0 Å². The summed E-state index contributed by atoms with van der Waals surface area (Å²) in [5.41, 5.74) is 5.33. The maximum Gasteiger partial charge on any atom is 0.111 e. The molecule has 1 unspecified atom stereocenters. The quantitative estimate of drug-likeness (QED) is 0.910. The van der Waals surface area contributed by atoms with E-state index in [1.165, 1.54) is 9.75 Å². The van der Waals surface area contributed by atoms with Gasteiger partial charge in [-0.15, -0.1) is 11.3 Å². The largest absolute Gasteiger partial charge is 0.372 e. The van der Waals surface area contributed by atoms with Crippen LogP contribution in [0.5, 0.6) is 0 Å². The first kappa shape index (κ1) is 11.2. The van der Waals surface area contributed by atoms with Crippen LogP contribution in [0.2, 0.25) is 0 Å². The molecule has 1 heterocycles. The van der Waals surface area contributed by atoms with Crippen molar-refractivity contribution in [2.75, 3.05) is 13.7 Å². The van der Waals surface area contributed by atoms with Gasteiger partial charge in [0.25, 0.3) is 0 Å². The number of hydrogen-bond donors (Lipinski definition) is 1. The lowest BCUT2D eigenvalue weighted by molar-refractivity contribution is 0.0132. The minimum Gasteiger partial charge on any atom is -0.372 e. The number of rotatable bonds is 3. The smallest absolute Gasteiger partial charge is 0.111 e. The van der Waals surface area contributed by atoms with Crippen LogP contribution in [0, 0.1) is 6.92 Å². The van der Waals surface area contributed by atoms with E-state index >= 15 is 0 Å². The van der Waals surface area contributed by atoms with Crippen molar-refractivity contribution >= 4 is 27.3 Å². The van der Waals surface area contributed by atoms with Crippen molar-refractivity contribution in [2.24, 2.45) is 5.73 Å². The van der Waals surface area contributed by atoms with E-state index in [0.29, 0.717) is 6.54 Å². The predicted molar refractivity (Wildman–Crippen MR) is 60.2 cm³/mol. The number of nitrogens with two attached hydrogens (primary N) is 1. The highest BCUT2D eigenvalue weighted by molar-refractivity contribution is 9.10. The third-order valence-electron chi connectivity index (χ3n) is 2.22. The summed E-state index contributed by atoms with van der Waals surface area (Å²) >= 11 is 5.20. The lowest BCUT2D eigenvalue weighted by Gasteiger charge is -2.24. The lowest BCUT2D eigenvalue weighted by Crippen LogP contribution is -2.32. The van der Waals surface area contributed by atoms with E-state index in [0.717, 1.165) is 4.47 Å². The van der Waals surface area contributed by atoms with Gasteiger partial charge in [-0.05, 0) is 35.8 Å². The molecule has 0 bridgehead atoms. The van der Waals surface area contributed by atoms with Crippen LogP contribution in [0.3, 0.4) is 0 Å². The number of methoxy groups -OCH3 is 1. The Labute approximate surface area is 91.2 Å². The average Bonchev–Trinajstić information content (AvgIpc) is 2.46.